The van der Waals surface area contributed by atoms with E-state index in [1.807, 2.05) is 27.7 Å². The molecule has 2 saturated carbocycles. The van der Waals surface area contributed by atoms with E-state index in [-0.39, 0.29) is 49.1 Å². The molecule has 3 N–H and O–H groups in total. The molecule has 228 valence electrons. The van der Waals surface area contributed by atoms with E-state index in [4.69, 9.17) is 4.74 Å². The Hall–Kier alpha value is -2.39. The monoisotopic (exact) mass is 574 g/mol. The number of fused-ring (bicyclic) bond motifs is 4. The van der Waals surface area contributed by atoms with Crippen LogP contribution in [0.25, 0.3) is 0 Å². The first-order valence-corrected chi connectivity index (χ1v) is 14.9. The minimum atomic E-state index is -1.28. The highest BCUT2D eigenvalue weighted by Gasteiger charge is 2.74. The number of carboxylic acids is 1. The van der Waals surface area contributed by atoms with Gasteiger partial charge in [0.15, 0.2) is 11.9 Å². The molecule has 0 aliphatic heterocycles. The maximum absolute atomic E-state index is 14.6. The van der Waals surface area contributed by atoms with E-state index < -0.39 is 69.5 Å². The first kappa shape index (κ1) is 31.5. The van der Waals surface area contributed by atoms with Gasteiger partial charge in [-0.2, -0.15) is 0 Å². The van der Waals surface area contributed by atoms with E-state index in [0.29, 0.717) is 24.0 Å². The van der Waals surface area contributed by atoms with Crippen LogP contribution in [-0.2, 0) is 28.7 Å². The fourth-order valence-electron chi connectivity index (χ4n) is 9.44. The van der Waals surface area contributed by atoms with E-state index in [1.54, 1.807) is 13.8 Å². The summed E-state index contributed by atoms with van der Waals surface area (Å²) >= 11 is 0. The van der Waals surface area contributed by atoms with Crippen LogP contribution in [0.5, 0.6) is 0 Å². The molecule has 0 radical (unpaired) electrons. The topological polar surface area (TPSA) is 155 Å². The summed E-state index contributed by atoms with van der Waals surface area (Å²) in [4.78, 5) is 65.5. The van der Waals surface area contributed by atoms with Crippen molar-refractivity contribution in [3.8, 4) is 0 Å². The van der Waals surface area contributed by atoms with Gasteiger partial charge in [-0.3, -0.25) is 24.0 Å². The van der Waals surface area contributed by atoms with Gasteiger partial charge < -0.3 is 20.1 Å². The molecule has 0 heterocycles. The van der Waals surface area contributed by atoms with Crippen LogP contribution in [0.2, 0.25) is 0 Å². The van der Waals surface area contributed by atoms with E-state index in [2.05, 4.69) is 0 Å². The number of hydrogen-bond donors (Lipinski definition) is 3. The van der Waals surface area contributed by atoms with E-state index in [0.717, 1.165) is 0 Å². The second-order valence-electron chi connectivity index (χ2n) is 14.6. The van der Waals surface area contributed by atoms with Crippen LogP contribution >= 0.6 is 0 Å². The zero-order valence-electron chi connectivity index (χ0n) is 25.6. The zero-order chi connectivity index (χ0) is 31.0. The highest BCUT2D eigenvalue weighted by atomic mass is 16.5. The van der Waals surface area contributed by atoms with Crippen molar-refractivity contribution < 1.29 is 44.0 Å². The molecular weight excluding hydrogens is 528 g/mol. The number of carbonyl (C=O) groups excluding carboxylic acids is 4. The van der Waals surface area contributed by atoms with Crippen LogP contribution in [0, 0.1) is 45.3 Å². The van der Waals surface area contributed by atoms with Crippen LogP contribution < -0.4 is 0 Å². The molecule has 0 bridgehead atoms. The normalized spacial score (nSPS) is 41.2. The number of esters is 1. The standard InChI is InChI=1S/C32H46O9/c1-15(11-18(34)12-16(2)28(39)40)19-13-23(37)32(8)24-20(35)14-21-29(4,5)22(36)9-10-30(21,6)25(24)26(38)27(31(19,32)7)41-17(3)33/h15-16,19,21-23,27,36-37H,9-14H2,1-8H3,(H,39,40). The molecule has 0 spiro atoms. The van der Waals surface area contributed by atoms with Gasteiger partial charge >= 0.3 is 11.9 Å². The SMILES string of the molecule is CC(=O)OC1C(=O)C2=C(C(=O)CC3C2(C)CCC(O)C3(C)C)C2(C)C(O)CC(C(C)CC(=O)CC(C)C(=O)O)C12C. The summed E-state index contributed by atoms with van der Waals surface area (Å²) in [5.74, 6) is -4.63. The second-order valence-corrected chi connectivity index (χ2v) is 14.6. The zero-order valence-corrected chi connectivity index (χ0v) is 25.6. The molecule has 10 unspecified atom stereocenters. The highest BCUT2D eigenvalue weighted by Crippen LogP contribution is 2.71. The number of hydrogen-bond acceptors (Lipinski definition) is 8. The summed E-state index contributed by atoms with van der Waals surface area (Å²) < 4.78 is 5.84. The van der Waals surface area contributed by atoms with Crippen molar-refractivity contribution in [3.63, 3.8) is 0 Å². The molecule has 0 aromatic heterocycles. The molecule has 4 rings (SSSR count). The number of aliphatic hydroxyl groups is 2. The lowest BCUT2D eigenvalue weighted by Crippen LogP contribution is -2.65. The number of ketones is 3. The summed E-state index contributed by atoms with van der Waals surface area (Å²) in [6.45, 7) is 13.9. The van der Waals surface area contributed by atoms with Crippen molar-refractivity contribution in [3.05, 3.63) is 11.1 Å². The number of carbonyl (C=O) groups is 5. The lowest BCUT2D eigenvalue weighted by Gasteiger charge is -2.61. The number of aliphatic carboxylic acids is 1. The van der Waals surface area contributed by atoms with Crippen molar-refractivity contribution in [2.45, 2.75) is 112 Å². The molecule has 0 aromatic rings. The summed E-state index contributed by atoms with van der Waals surface area (Å²) in [5, 5.41) is 31.9. The van der Waals surface area contributed by atoms with Gasteiger partial charge in [-0.05, 0) is 42.4 Å². The molecule has 9 heteroatoms. The summed E-state index contributed by atoms with van der Waals surface area (Å²) in [7, 11) is 0. The van der Waals surface area contributed by atoms with Crippen molar-refractivity contribution >= 4 is 29.3 Å². The third kappa shape index (κ3) is 4.36. The lowest BCUT2D eigenvalue weighted by molar-refractivity contribution is -0.178. The summed E-state index contributed by atoms with van der Waals surface area (Å²) in [6.07, 6.45) is -1.81. The fraction of sp³-hybridized carbons (Fsp3) is 0.781. The Balaban J connectivity index is 1.87. The number of ether oxygens (including phenoxy) is 1. The molecule has 2 fully saturated rings. The van der Waals surface area contributed by atoms with Crippen molar-refractivity contribution in [2.75, 3.05) is 0 Å². The molecular formula is C32H46O9. The number of carboxylic acid groups (broad SMARTS) is 1. The molecule has 0 saturated heterocycles. The van der Waals surface area contributed by atoms with Gasteiger partial charge in [0, 0.05) is 53.6 Å². The number of aliphatic hydroxyl groups excluding tert-OH is 2. The molecule has 0 amide bonds. The molecule has 4 aliphatic carbocycles. The van der Waals surface area contributed by atoms with Gasteiger partial charge in [-0.15, -0.1) is 0 Å². The van der Waals surface area contributed by atoms with Crippen LogP contribution in [-0.4, -0.2) is 62.9 Å². The van der Waals surface area contributed by atoms with Gasteiger partial charge in [0.1, 0.15) is 5.78 Å². The molecule has 41 heavy (non-hydrogen) atoms. The molecule has 9 nitrogen and oxygen atoms in total. The maximum atomic E-state index is 14.6. The van der Waals surface area contributed by atoms with Crippen LogP contribution in [0.1, 0.15) is 93.9 Å². The third-order valence-corrected chi connectivity index (χ3v) is 12.0. The number of Topliss-reactive ketones (excluding diaryl/α,β-unsaturated/α-hetero) is 3. The first-order chi connectivity index (χ1) is 18.8. The first-order valence-electron chi connectivity index (χ1n) is 14.9. The minimum absolute atomic E-state index is 0.0351. The Morgan fingerprint density at radius 2 is 1.59 bits per heavy atom. The van der Waals surface area contributed by atoms with Gasteiger partial charge in [0.25, 0.3) is 0 Å². The molecule has 10 atom stereocenters. The van der Waals surface area contributed by atoms with Gasteiger partial charge in [-0.25, -0.2) is 0 Å². The van der Waals surface area contributed by atoms with Gasteiger partial charge in [0.2, 0.25) is 5.78 Å². The Labute approximate surface area is 242 Å². The molecule has 4 aliphatic rings. The maximum Gasteiger partial charge on any atom is 0.306 e. The fourth-order valence-corrected chi connectivity index (χ4v) is 9.44. The van der Waals surface area contributed by atoms with E-state index >= 15 is 0 Å². The third-order valence-electron chi connectivity index (χ3n) is 12.0. The highest BCUT2D eigenvalue weighted by molar-refractivity contribution is 6.13. The summed E-state index contributed by atoms with van der Waals surface area (Å²) in [5.41, 5.74) is -3.21. The van der Waals surface area contributed by atoms with Gasteiger partial charge in [0.05, 0.1) is 18.1 Å². The van der Waals surface area contributed by atoms with Crippen LogP contribution in [0.3, 0.4) is 0 Å². The Morgan fingerprint density at radius 1 is 0.976 bits per heavy atom. The quantitative estimate of drug-likeness (QED) is 0.386. The predicted octanol–water partition coefficient (Wildman–Crippen LogP) is 3.67. The Morgan fingerprint density at radius 3 is 2.15 bits per heavy atom. The van der Waals surface area contributed by atoms with E-state index in [1.165, 1.54) is 13.8 Å². The largest absolute Gasteiger partial charge is 0.481 e. The van der Waals surface area contributed by atoms with Crippen molar-refractivity contribution in [1.29, 1.82) is 0 Å². The second kappa shape index (κ2) is 10.1. The average Bonchev–Trinajstić information content (AvgIpc) is 3.07. The minimum Gasteiger partial charge on any atom is -0.481 e. The average molecular weight is 575 g/mol. The van der Waals surface area contributed by atoms with Crippen LogP contribution in [0.4, 0.5) is 0 Å². The lowest BCUT2D eigenvalue weighted by atomic mass is 9.42. The van der Waals surface area contributed by atoms with Gasteiger partial charge in [-0.1, -0.05) is 48.5 Å². The van der Waals surface area contributed by atoms with Crippen molar-refractivity contribution in [1.82, 2.24) is 0 Å². The predicted molar refractivity (Wildman–Crippen MR) is 148 cm³/mol. The summed E-state index contributed by atoms with van der Waals surface area (Å²) in [6, 6.07) is 0. The Bertz CT molecular complexity index is 1220. The Kier molecular flexibility index (Phi) is 7.78. The van der Waals surface area contributed by atoms with Crippen molar-refractivity contribution in [2.24, 2.45) is 45.3 Å². The van der Waals surface area contributed by atoms with E-state index in [9.17, 15) is 39.3 Å². The molecule has 0 aromatic carbocycles. The smallest absolute Gasteiger partial charge is 0.306 e. The number of rotatable bonds is 7. The van der Waals surface area contributed by atoms with Crippen LogP contribution in [0.15, 0.2) is 11.1 Å².